The maximum atomic E-state index is 12.6. The Morgan fingerprint density at radius 1 is 1.10 bits per heavy atom. The third-order valence-corrected chi connectivity index (χ3v) is 6.97. The van der Waals surface area contributed by atoms with Gasteiger partial charge in [0.1, 0.15) is 0 Å². The van der Waals surface area contributed by atoms with Gasteiger partial charge in [-0.05, 0) is 50.5 Å². The van der Waals surface area contributed by atoms with E-state index in [4.69, 9.17) is 0 Å². The van der Waals surface area contributed by atoms with Gasteiger partial charge in [0.15, 0.2) is 0 Å². The number of carbonyl (C=O) groups is 1. The molecule has 4 nitrogen and oxygen atoms in total. The van der Waals surface area contributed by atoms with Gasteiger partial charge in [-0.1, -0.05) is 13.8 Å². The van der Waals surface area contributed by atoms with Crippen LogP contribution >= 0.6 is 0 Å². The normalized spacial score (nSPS) is 39.6. The van der Waals surface area contributed by atoms with E-state index in [0.29, 0.717) is 12.5 Å². The molecule has 2 bridgehead atoms. The summed E-state index contributed by atoms with van der Waals surface area (Å²) in [5, 5.41) is 3.44. The molecule has 3 atom stereocenters. The van der Waals surface area contributed by atoms with Crippen molar-refractivity contribution in [3.63, 3.8) is 0 Å². The summed E-state index contributed by atoms with van der Waals surface area (Å²) in [6.45, 7) is 11.7. The molecule has 0 radical (unpaired) electrons. The Bertz CT molecular complexity index is 414. The smallest absolute Gasteiger partial charge is 0.234 e. The Labute approximate surface area is 129 Å². The molecule has 0 aromatic carbocycles. The van der Waals surface area contributed by atoms with Crippen LogP contribution in [0.5, 0.6) is 0 Å². The molecule has 1 amide bonds. The van der Waals surface area contributed by atoms with Gasteiger partial charge in [0.05, 0.1) is 6.54 Å². The topological polar surface area (TPSA) is 35.6 Å². The van der Waals surface area contributed by atoms with Crippen molar-refractivity contribution in [1.29, 1.82) is 0 Å². The van der Waals surface area contributed by atoms with Crippen molar-refractivity contribution in [2.75, 3.05) is 39.8 Å². The standard InChI is InChI=1S/C17H31N3O/c1-16(2)13-5-6-14(11-13)17(16,3)18-15(21)12-20-9-7-19(4)8-10-20/h13-14H,5-12H2,1-4H3,(H,18,21)/t13-,14+,17-/m1/s1. The highest BCUT2D eigenvalue weighted by Gasteiger charge is 2.60. The van der Waals surface area contributed by atoms with Crippen LogP contribution < -0.4 is 5.32 Å². The summed E-state index contributed by atoms with van der Waals surface area (Å²) >= 11 is 0. The SMILES string of the molecule is CN1CCN(CC(=O)N[C@]2(C)[C@H]3CC[C@H](C3)C2(C)C)CC1. The molecular formula is C17H31N3O. The van der Waals surface area contributed by atoms with Gasteiger partial charge in [0, 0.05) is 31.7 Å². The van der Waals surface area contributed by atoms with Crippen LogP contribution in [0.3, 0.4) is 0 Å². The first-order valence-corrected chi connectivity index (χ1v) is 8.55. The molecule has 120 valence electrons. The average Bonchev–Trinajstić information content (AvgIpc) is 2.96. The summed E-state index contributed by atoms with van der Waals surface area (Å²) in [7, 11) is 2.15. The van der Waals surface area contributed by atoms with Gasteiger partial charge in [0.2, 0.25) is 5.91 Å². The molecule has 0 spiro atoms. The molecule has 0 aromatic heterocycles. The molecule has 3 fully saturated rings. The van der Waals surface area contributed by atoms with E-state index in [1.54, 1.807) is 0 Å². The third-order valence-electron chi connectivity index (χ3n) is 6.97. The summed E-state index contributed by atoms with van der Waals surface area (Å²) in [4.78, 5) is 17.2. The van der Waals surface area contributed by atoms with Crippen LogP contribution in [0.15, 0.2) is 0 Å². The fraction of sp³-hybridized carbons (Fsp3) is 0.941. The molecule has 1 heterocycles. The van der Waals surface area contributed by atoms with Crippen molar-refractivity contribution < 1.29 is 4.79 Å². The minimum Gasteiger partial charge on any atom is -0.349 e. The van der Waals surface area contributed by atoms with E-state index >= 15 is 0 Å². The number of piperazine rings is 1. The van der Waals surface area contributed by atoms with Crippen molar-refractivity contribution in [3.8, 4) is 0 Å². The van der Waals surface area contributed by atoms with Gasteiger partial charge in [-0.15, -0.1) is 0 Å². The average molecular weight is 293 g/mol. The zero-order chi connectivity index (χ0) is 15.3. The zero-order valence-electron chi connectivity index (χ0n) is 14.1. The lowest BCUT2D eigenvalue weighted by Gasteiger charge is -2.48. The van der Waals surface area contributed by atoms with E-state index in [1.807, 2.05) is 0 Å². The number of nitrogens with zero attached hydrogens (tertiary/aromatic N) is 2. The highest BCUT2D eigenvalue weighted by molar-refractivity contribution is 5.79. The molecular weight excluding hydrogens is 262 g/mol. The number of likely N-dealkylation sites (N-methyl/N-ethyl adjacent to an activating group) is 1. The van der Waals surface area contributed by atoms with Crippen LogP contribution in [-0.4, -0.2) is 61.0 Å². The predicted octanol–water partition coefficient (Wildman–Crippen LogP) is 1.56. The number of amides is 1. The molecule has 2 aliphatic carbocycles. The van der Waals surface area contributed by atoms with Gasteiger partial charge >= 0.3 is 0 Å². The van der Waals surface area contributed by atoms with Gasteiger partial charge in [0.25, 0.3) is 0 Å². The fourth-order valence-electron chi connectivity index (χ4n) is 4.91. The molecule has 2 saturated carbocycles. The van der Waals surface area contributed by atoms with Crippen molar-refractivity contribution in [3.05, 3.63) is 0 Å². The first kappa shape index (κ1) is 15.3. The van der Waals surface area contributed by atoms with Gasteiger partial charge < -0.3 is 10.2 Å². The molecule has 1 N–H and O–H groups in total. The number of nitrogens with one attached hydrogen (secondary N) is 1. The largest absolute Gasteiger partial charge is 0.349 e. The van der Waals surface area contributed by atoms with E-state index < -0.39 is 0 Å². The Hall–Kier alpha value is -0.610. The van der Waals surface area contributed by atoms with E-state index in [2.05, 4.69) is 42.9 Å². The van der Waals surface area contributed by atoms with Gasteiger partial charge in [-0.3, -0.25) is 9.69 Å². The Morgan fingerprint density at radius 3 is 2.29 bits per heavy atom. The van der Waals surface area contributed by atoms with Crippen molar-refractivity contribution >= 4 is 5.91 Å². The van der Waals surface area contributed by atoms with Crippen molar-refractivity contribution in [1.82, 2.24) is 15.1 Å². The molecule has 3 aliphatic rings. The lowest BCUT2D eigenvalue weighted by atomic mass is 9.64. The number of carbonyl (C=O) groups excluding carboxylic acids is 1. The summed E-state index contributed by atoms with van der Waals surface area (Å²) in [6, 6.07) is 0. The highest BCUT2D eigenvalue weighted by atomic mass is 16.2. The van der Waals surface area contributed by atoms with E-state index in [-0.39, 0.29) is 16.9 Å². The molecule has 0 aromatic rings. The van der Waals surface area contributed by atoms with Crippen LogP contribution in [0.25, 0.3) is 0 Å². The van der Waals surface area contributed by atoms with Crippen molar-refractivity contribution in [2.24, 2.45) is 17.3 Å². The van der Waals surface area contributed by atoms with Crippen LogP contribution in [0, 0.1) is 17.3 Å². The summed E-state index contributed by atoms with van der Waals surface area (Å²) in [6.07, 6.45) is 3.94. The maximum absolute atomic E-state index is 12.6. The predicted molar refractivity (Wildman–Crippen MR) is 85.1 cm³/mol. The molecule has 4 heteroatoms. The van der Waals surface area contributed by atoms with Crippen LogP contribution in [0.2, 0.25) is 0 Å². The first-order chi connectivity index (χ1) is 9.83. The van der Waals surface area contributed by atoms with E-state index in [9.17, 15) is 4.79 Å². The minimum atomic E-state index is -0.0143. The van der Waals surface area contributed by atoms with Gasteiger partial charge in [-0.25, -0.2) is 0 Å². The van der Waals surface area contributed by atoms with Crippen LogP contribution in [-0.2, 0) is 4.79 Å². The molecule has 1 saturated heterocycles. The Morgan fingerprint density at radius 2 is 1.71 bits per heavy atom. The number of rotatable bonds is 3. The summed E-state index contributed by atoms with van der Waals surface area (Å²) in [5.74, 6) is 1.69. The lowest BCUT2D eigenvalue weighted by Crippen LogP contribution is -2.61. The monoisotopic (exact) mass is 293 g/mol. The zero-order valence-corrected chi connectivity index (χ0v) is 14.1. The Kier molecular flexibility index (Phi) is 3.81. The van der Waals surface area contributed by atoms with E-state index in [1.165, 1.54) is 19.3 Å². The van der Waals surface area contributed by atoms with Gasteiger partial charge in [-0.2, -0.15) is 0 Å². The third kappa shape index (κ3) is 2.50. The molecule has 21 heavy (non-hydrogen) atoms. The van der Waals surface area contributed by atoms with E-state index in [0.717, 1.165) is 32.1 Å². The first-order valence-electron chi connectivity index (χ1n) is 8.55. The number of hydrogen-bond acceptors (Lipinski definition) is 3. The summed E-state index contributed by atoms with van der Waals surface area (Å²) in [5.41, 5.74) is 0.216. The number of hydrogen-bond donors (Lipinski definition) is 1. The summed E-state index contributed by atoms with van der Waals surface area (Å²) < 4.78 is 0. The quantitative estimate of drug-likeness (QED) is 0.858. The lowest BCUT2D eigenvalue weighted by molar-refractivity contribution is -0.127. The number of fused-ring (bicyclic) bond motifs is 2. The van der Waals surface area contributed by atoms with Crippen molar-refractivity contribution in [2.45, 2.75) is 45.6 Å². The second kappa shape index (κ2) is 5.24. The Balaban J connectivity index is 1.59. The molecule has 1 aliphatic heterocycles. The second-order valence-electron chi connectivity index (χ2n) is 8.26. The molecule has 3 rings (SSSR count). The van der Waals surface area contributed by atoms with Crippen LogP contribution in [0.4, 0.5) is 0 Å². The highest BCUT2D eigenvalue weighted by Crippen LogP contribution is 2.61. The molecule has 0 unspecified atom stereocenters. The second-order valence-corrected chi connectivity index (χ2v) is 8.26. The fourth-order valence-corrected chi connectivity index (χ4v) is 4.91. The maximum Gasteiger partial charge on any atom is 0.234 e. The minimum absolute atomic E-state index is 0.0143. The van der Waals surface area contributed by atoms with Crippen LogP contribution in [0.1, 0.15) is 40.0 Å².